The molecule has 124 valence electrons. The number of amides is 1. The highest BCUT2D eigenvalue weighted by atomic mass is 32.2. The topological polar surface area (TPSA) is 76.9 Å². The number of Topliss-reactive ketones (excluding diaryl/α,β-unsaturated/α-hetero) is 1. The zero-order valence-corrected chi connectivity index (χ0v) is 15.1. The van der Waals surface area contributed by atoms with Crippen molar-refractivity contribution in [3.05, 3.63) is 27.7 Å². The number of hydrogen-bond acceptors (Lipinski definition) is 6. The Hall–Kier alpha value is -1.67. The Morgan fingerprint density at radius 1 is 1.35 bits per heavy atom. The number of aromatic nitrogens is 3. The Balaban J connectivity index is 1.88. The summed E-state index contributed by atoms with van der Waals surface area (Å²) in [6, 6.07) is 3.80. The Kier molecular flexibility index (Phi) is 6.35. The molecule has 6 nitrogen and oxygen atoms in total. The minimum Gasteiger partial charge on any atom is -0.356 e. The molecular weight excluding hydrogens is 332 g/mol. The minimum atomic E-state index is -0.0374. The SMILES string of the molecule is CCn1c(C)nnc1SCC(=O)c1ccc(CCNC(C)=O)s1. The van der Waals surface area contributed by atoms with Crippen LogP contribution in [0.3, 0.4) is 0 Å². The summed E-state index contributed by atoms with van der Waals surface area (Å²) in [7, 11) is 0. The van der Waals surface area contributed by atoms with Gasteiger partial charge in [-0.2, -0.15) is 0 Å². The molecule has 23 heavy (non-hydrogen) atoms. The Morgan fingerprint density at radius 3 is 2.83 bits per heavy atom. The van der Waals surface area contributed by atoms with Crippen LogP contribution in [-0.2, 0) is 17.8 Å². The molecule has 0 aliphatic rings. The smallest absolute Gasteiger partial charge is 0.216 e. The van der Waals surface area contributed by atoms with Crippen molar-refractivity contribution in [2.45, 2.75) is 38.9 Å². The zero-order valence-electron chi connectivity index (χ0n) is 13.5. The predicted octanol–water partition coefficient (Wildman–Crippen LogP) is 2.32. The molecule has 0 aromatic carbocycles. The maximum absolute atomic E-state index is 12.3. The van der Waals surface area contributed by atoms with Gasteiger partial charge in [-0.25, -0.2) is 0 Å². The molecule has 0 bridgehead atoms. The average molecular weight is 352 g/mol. The quantitative estimate of drug-likeness (QED) is 0.583. The van der Waals surface area contributed by atoms with Gasteiger partial charge in [0, 0.05) is 24.9 Å². The molecular formula is C15H20N4O2S2. The van der Waals surface area contributed by atoms with Gasteiger partial charge in [0.1, 0.15) is 5.82 Å². The fourth-order valence-corrected chi connectivity index (χ4v) is 4.02. The normalized spacial score (nSPS) is 10.7. The molecule has 0 saturated carbocycles. The maximum Gasteiger partial charge on any atom is 0.216 e. The number of ketones is 1. The van der Waals surface area contributed by atoms with E-state index in [9.17, 15) is 9.59 Å². The lowest BCUT2D eigenvalue weighted by Crippen LogP contribution is -2.22. The molecule has 2 rings (SSSR count). The lowest BCUT2D eigenvalue weighted by atomic mass is 10.3. The van der Waals surface area contributed by atoms with E-state index in [0.717, 1.165) is 33.7 Å². The van der Waals surface area contributed by atoms with Crippen LogP contribution in [0.1, 0.15) is 34.2 Å². The van der Waals surface area contributed by atoms with Gasteiger partial charge in [-0.1, -0.05) is 11.8 Å². The minimum absolute atomic E-state index is 0.0374. The van der Waals surface area contributed by atoms with Gasteiger partial charge in [-0.3, -0.25) is 9.59 Å². The second-order valence-electron chi connectivity index (χ2n) is 4.98. The number of nitrogens with one attached hydrogen (secondary N) is 1. The first-order chi connectivity index (χ1) is 11.0. The number of nitrogens with zero attached hydrogens (tertiary/aromatic N) is 3. The molecule has 1 N–H and O–H groups in total. The molecule has 2 heterocycles. The Morgan fingerprint density at radius 2 is 2.13 bits per heavy atom. The van der Waals surface area contributed by atoms with Crippen LogP contribution in [0, 0.1) is 6.92 Å². The van der Waals surface area contributed by atoms with E-state index < -0.39 is 0 Å². The standard InChI is InChI=1S/C15H20N4O2S2/c1-4-19-10(2)17-18-15(19)22-9-13(21)14-6-5-12(23-14)7-8-16-11(3)20/h5-6H,4,7-9H2,1-3H3,(H,16,20). The molecule has 2 aromatic heterocycles. The van der Waals surface area contributed by atoms with Gasteiger partial charge in [0.25, 0.3) is 0 Å². The summed E-state index contributed by atoms with van der Waals surface area (Å²) < 4.78 is 1.99. The van der Waals surface area contributed by atoms with Gasteiger partial charge in [-0.15, -0.1) is 21.5 Å². The van der Waals surface area contributed by atoms with E-state index in [0.29, 0.717) is 12.3 Å². The fourth-order valence-electron chi connectivity index (χ4n) is 2.06. The molecule has 0 atom stereocenters. The molecule has 8 heteroatoms. The number of thioether (sulfide) groups is 1. The van der Waals surface area contributed by atoms with E-state index in [1.807, 2.05) is 30.5 Å². The third kappa shape index (κ3) is 4.90. The molecule has 0 saturated heterocycles. The van der Waals surface area contributed by atoms with Gasteiger partial charge in [0.15, 0.2) is 10.9 Å². The fraction of sp³-hybridized carbons (Fsp3) is 0.467. The highest BCUT2D eigenvalue weighted by Crippen LogP contribution is 2.22. The van der Waals surface area contributed by atoms with E-state index >= 15 is 0 Å². The van der Waals surface area contributed by atoms with Crippen molar-refractivity contribution >= 4 is 34.8 Å². The second kappa shape index (κ2) is 8.26. The second-order valence-corrected chi connectivity index (χ2v) is 7.10. The van der Waals surface area contributed by atoms with Crippen molar-refractivity contribution < 1.29 is 9.59 Å². The van der Waals surface area contributed by atoms with E-state index in [1.54, 1.807) is 0 Å². The van der Waals surface area contributed by atoms with Crippen LogP contribution in [-0.4, -0.2) is 38.8 Å². The van der Waals surface area contributed by atoms with Crippen molar-refractivity contribution in [1.82, 2.24) is 20.1 Å². The van der Waals surface area contributed by atoms with E-state index in [1.165, 1.54) is 30.0 Å². The van der Waals surface area contributed by atoms with Crippen molar-refractivity contribution in [1.29, 1.82) is 0 Å². The highest BCUT2D eigenvalue weighted by Gasteiger charge is 2.13. The first-order valence-corrected chi connectivity index (χ1v) is 9.20. The summed E-state index contributed by atoms with van der Waals surface area (Å²) in [5.74, 6) is 1.27. The summed E-state index contributed by atoms with van der Waals surface area (Å²) in [5, 5.41) is 11.7. The number of hydrogen-bond donors (Lipinski definition) is 1. The first kappa shape index (κ1) is 17.7. The van der Waals surface area contributed by atoms with Crippen LogP contribution in [0.15, 0.2) is 17.3 Å². The molecule has 0 spiro atoms. The van der Waals surface area contributed by atoms with Crippen molar-refractivity contribution in [2.24, 2.45) is 0 Å². The van der Waals surface area contributed by atoms with Gasteiger partial charge in [0.2, 0.25) is 5.91 Å². The Bertz CT molecular complexity index is 693. The number of aryl methyl sites for hydroxylation is 1. The van der Waals surface area contributed by atoms with Gasteiger partial charge in [-0.05, 0) is 32.4 Å². The molecule has 0 radical (unpaired) electrons. The van der Waals surface area contributed by atoms with Crippen LogP contribution in [0.2, 0.25) is 0 Å². The molecule has 1 amide bonds. The van der Waals surface area contributed by atoms with Gasteiger partial charge in [0.05, 0.1) is 10.6 Å². The van der Waals surface area contributed by atoms with Gasteiger partial charge >= 0.3 is 0 Å². The Labute approximate surface area is 143 Å². The zero-order chi connectivity index (χ0) is 16.8. The van der Waals surface area contributed by atoms with Gasteiger partial charge < -0.3 is 9.88 Å². The maximum atomic E-state index is 12.3. The van der Waals surface area contributed by atoms with Crippen LogP contribution in [0.4, 0.5) is 0 Å². The lowest BCUT2D eigenvalue weighted by Gasteiger charge is -2.03. The molecule has 0 fully saturated rings. The number of rotatable bonds is 8. The molecule has 0 aliphatic heterocycles. The number of carbonyl (C=O) groups excluding carboxylic acids is 2. The lowest BCUT2D eigenvalue weighted by molar-refractivity contribution is -0.118. The van der Waals surface area contributed by atoms with E-state index in [2.05, 4.69) is 15.5 Å². The number of carbonyl (C=O) groups is 2. The molecule has 0 aliphatic carbocycles. The van der Waals surface area contributed by atoms with Crippen molar-refractivity contribution in [3.8, 4) is 0 Å². The average Bonchev–Trinajstić information content (AvgIpc) is 3.11. The summed E-state index contributed by atoms with van der Waals surface area (Å²) in [6.45, 7) is 6.82. The van der Waals surface area contributed by atoms with Crippen LogP contribution in [0.25, 0.3) is 0 Å². The van der Waals surface area contributed by atoms with Crippen LogP contribution < -0.4 is 5.32 Å². The summed E-state index contributed by atoms with van der Waals surface area (Å²) in [4.78, 5) is 25.0. The highest BCUT2D eigenvalue weighted by molar-refractivity contribution is 7.99. The monoisotopic (exact) mass is 352 g/mol. The summed E-state index contributed by atoms with van der Waals surface area (Å²) in [6.07, 6.45) is 0.744. The van der Waals surface area contributed by atoms with Crippen LogP contribution >= 0.6 is 23.1 Å². The van der Waals surface area contributed by atoms with E-state index in [-0.39, 0.29) is 11.7 Å². The molecule has 2 aromatic rings. The predicted molar refractivity (Wildman–Crippen MR) is 92.2 cm³/mol. The van der Waals surface area contributed by atoms with Crippen molar-refractivity contribution in [3.63, 3.8) is 0 Å². The summed E-state index contributed by atoms with van der Waals surface area (Å²) in [5.41, 5.74) is 0. The third-order valence-electron chi connectivity index (χ3n) is 3.23. The largest absolute Gasteiger partial charge is 0.356 e. The van der Waals surface area contributed by atoms with E-state index in [4.69, 9.17) is 0 Å². The van der Waals surface area contributed by atoms with Crippen LogP contribution in [0.5, 0.6) is 0 Å². The molecule has 0 unspecified atom stereocenters. The summed E-state index contributed by atoms with van der Waals surface area (Å²) >= 11 is 2.90. The van der Waals surface area contributed by atoms with Crippen molar-refractivity contribution in [2.75, 3.05) is 12.3 Å². The number of thiophene rings is 1. The third-order valence-corrected chi connectivity index (χ3v) is 5.39. The first-order valence-electron chi connectivity index (χ1n) is 7.40.